The van der Waals surface area contributed by atoms with Gasteiger partial charge in [-0.1, -0.05) is 6.07 Å². The van der Waals surface area contributed by atoms with Crippen molar-refractivity contribution in [2.75, 3.05) is 5.32 Å². The Labute approximate surface area is 121 Å². The van der Waals surface area contributed by atoms with Crippen molar-refractivity contribution in [1.29, 1.82) is 0 Å². The number of aromatic hydroxyl groups is 1. The molecule has 2 N–H and O–H groups in total. The van der Waals surface area contributed by atoms with E-state index in [1.54, 1.807) is 16.9 Å². The van der Waals surface area contributed by atoms with Crippen LogP contribution in [-0.4, -0.2) is 19.9 Å². The Bertz CT molecular complexity index is 813. The third-order valence-corrected chi connectivity index (χ3v) is 3.37. The van der Waals surface area contributed by atoms with Crippen molar-refractivity contribution in [3.63, 3.8) is 0 Å². The van der Waals surface area contributed by atoms with Crippen molar-refractivity contribution < 1.29 is 9.50 Å². The first kappa shape index (κ1) is 13.4. The van der Waals surface area contributed by atoms with Crippen LogP contribution in [-0.2, 0) is 13.6 Å². The van der Waals surface area contributed by atoms with Gasteiger partial charge in [0.15, 0.2) is 17.2 Å². The fourth-order valence-electron chi connectivity index (χ4n) is 2.27. The molecule has 0 saturated heterocycles. The zero-order valence-electron chi connectivity index (χ0n) is 11.8. The van der Waals surface area contributed by atoms with E-state index >= 15 is 0 Å². The van der Waals surface area contributed by atoms with Gasteiger partial charge >= 0.3 is 0 Å². The fraction of sp³-hybridized carbons (Fsp3) is 0.200. The molecule has 2 aromatic heterocycles. The molecule has 3 aromatic rings. The van der Waals surface area contributed by atoms with Gasteiger partial charge in [-0.25, -0.2) is 9.37 Å². The third kappa shape index (κ3) is 2.52. The maximum absolute atomic E-state index is 13.3. The highest BCUT2D eigenvalue weighted by Gasteiger charge is 2.07. The number of phenols is 1. The van der Waals surface area contributed by atoms with Crippen molar-refractivity contribution in [3.8, 4) is 5.75 Å². The van der Waals surface area contributed by atoms with E-state index in [0.29, 0.717) is 6.54 Å². The average molecular weight is 286 g/mol. The number of nitrogens with zero attached hydrogens (tertiary/aromatic N) is 3. The summed E-state index contributed by atoms with van der Waals surface area (Å²) in [5.74, 6) is -0.959. The minimum absolute atomic E-state index is 0.340. The van der Waals surface area contributed by atoms with E-state index in [-0.39, 0.29) is 5.75 Å². The predicted molar refractivity (Wildman–Crippen MR) is 78.6 cm³/mol. The van der Waals surface area contributed by atoms with Gasteiger partial charge in [-0.15, -0.1) is 0 Å². The quantitative estimate of drug-likeness (QED) is 0.777. The number of aromatic nitrogens is 3. The Morgan fingerprint density at radius 1 is 1.33 bits per heavy atom. The van der Waals surface area contributed by atoms with Crippen molar-refractivity contribution in [2.24, 2.45) is 7.05 Å². The van der Waals surface area contributed by atoms with Gasteiger partial charge in [0.2, 0.25) is 0 Å². The van der Waals surface area contributed by atoms with Gasteiger partial charge in [0, 0.05) is 19.0 Å². The maximum Gasteiger partial charge on any atom is 0.165 e. The Hall–Kier alpha value is -2.63. The largest absolute Gasteiger partial charge is 0.505 e. The molecule has 0 aliphatic heterocycles. The van der Waals surface area contributed by atoms with Crippen molar-refractivity contribution in [2.45, 2.75) is 13.5 Å². The van der Waals surface area contributed by atoms with Crippen LogP contribution in [0.3, 0.4) is 0 Å². The van der Waals surface area contributed by atoms with Crippen LogP contribution in [0.1, 0.15) is 11.3 Å². The van der Waals surface area contributed by atoms with Crippen LogP contribution in [0.15, 0.2) is 30.5 Å². The first-order valence-electron chi connectivity index (χ1n) is 6.55. The lowest BCUT2D eigenvalue weighted by atomic mass is 10.2. The minimum Gasteiger partial charge on any atom is -0.505 e. The van der Waals surface area contributed by atoms with Gasteiger partial charge in [0.05, 0.1) is 17.6 Å². The Morgan fingerprint density at radius 3 is 2.90 bits per heavy atom. The normalized spacial score (nSPS) is 11.0. The third-order valence-electron chi connectivity index (χ3n) is 3.37. The molecule has 0 amide bonds. The van der Waals surface area contributed by atoms with Crippen LogP contribution >= 0.6 is 0 Å². The van der Waals surface area contributed by atoms with Gasteiger partial charge < -0.3 is 10.4 Å². The molecule has 0 aliphatic rings. The minimum atomic E-state index is -0.619. The number of fused-ring (bicyclic) bond motifs is 1. The monoisotopic (exact) mass is 286 g/mol. The van der Waals surface area contributed by atoms with Crippen molar-refractivity contribution >= 4 is 16.7 Å². The standard InChI is InChI=1S/C15H15FN4O/c1-9-12-6-11(8-18-15(12)20(2)19-9)17-7-10-3-4-14(21)13(16)5-10/h3-6,8,17,21H,7H2,1-2H3. The molecule has 2 heterocycles. The van der Waals surface area contributed by atoms with Crippen molar-refractivity contribution in [3.05, 3.63) is 47.5 Å². The number of hydrogen-bond acceptors (Lipinski definition) is 4. The summed E-state index contributed by atoms with van der Waals surface area (Å²) in [5.41, 5.74) is 3.33. The van der Waals surface area contributed by atoms with E-state index in [0.717, 1.165) is 28.0 Å². The van der Waals surface area contributed by atoms with E-state index < -0.39 is 5.82 Å². The van der Waals surface area contributed by atoms with Gasteiger partial charge in [0.1, 0.15) is 0 Å². The van der Waals surface area contributed by atoms with E-state index in [4.69, 9.17) is 5.11 Å². The molecule has 108 valence electrons. The lowest BCUT2D eigenvalue weighted by Gasteiger charge is -2.07. The molecule has 0 aliphatic carbocycles. The molecule has 0 bridgehead atoms. The van der Waals surface area contributed by atoms with Crippen LogP contribution in [0.4, 0.5) is 10.1 Å². The highest BCUT2D eigenvalue weighted by atomic mass is 19.1. The molecule has 0 saturated carbocycles. The summed E-state index contributed by atoms with van der Waals surface area (Å²) in [6.07, 6.45) is 1.72. The Morgan fingerprint density at radius 2 is 2.14 bits per heavy atom. The van der Waals surface area contributed by atoms with Gasteiger partial charge in [-0.05, 0) is 30.7 Å². The summed E-state index contributed by atoms with van der Waals surface area (Å²) in [6, 6.07) is 6.30. The summed E-state index contributed by atoms with van der Waals surface area (Å²) in [5, 5.41) is 17.7. The summed E-state index contributed by atoms with van der Waals surface area (Å²) in [7, 11) is 1.86. The second-order valence-electron chi connectivity index (χ2n) is 4.94. The Balaban J connectivity index is 1.81. The number of rotatable bonds is 3. The first-order valence-corrected chi connectivity index (χ1v) is 6.55. The maximum atomic E-state index is 13.3. The van der Waals surface area contributed by atoms with E-state index in [1.165, 1.54) is 12.1 Å². The average Bonchev–Trinajstić information content (AvgIpc) is 2.75. The van der Waals surface area contributed by atoms with Gasteiger partial charge in [0.25, 0.3) is 0 Å². The van der Waals surface area contributed by atoms with Crippen LogP contribution in [0, 0.1) is 12.7 Å². The number of phenolic OH excluding ortho intramolecular Hbond substituents is 1. The first-order chi connectivity index (χ1) is 10.0. The molecule has 1 aromatic carbocycles. The number of aryl methyl sites for hydroxylation is 2. The number of pyridine rings is 1. The molecule has 0 radical (unpaired) electrons. The topological polar surface area (TPSA) is 63.0 Å². The highest BCUT2D eigenvalue weighted by molar-refractivity contribution is 5.81. The molecule has 0 spiro atoms. The molecule has 0 unspecified atom stereocenters. The van der Waals surface area contributed by atoms with Gasteiger partial charge in [-0.2, -0.15) is 5.10 Å². The number of hydrogen-bond donors (Lipinski definition) is 2. The summed E-state index contributed by atoms with van der Waals surface area (Å²) >= 11 is 0. The second-order valence-corrected chi connectivity index (χ2v) is 4.94. The molecule has 0 fully saturated rings. The number of anilines is 1. The molecule has 3 rings (SSSR count). The molecule has 21 heavy (non-hydrogen) atoms. The molecular formula is C15H15FN4O. The van der Waals surface area contributed by atoms with E-state index in [9.17, 15) is 4.39 Å². The predicted octanol–water partition coefficient (Wildman–Crippen LogP) is 2.73. The lowest BCUT2D eigenvalue weighted by Crippen LogP contribution is -2.00. The summed E-state index contributed by atoms with van der Waals surface area (Å²) in [4.78, 5) is 4.37. The van der Waals surface area contributed by atoms with Crippen LogP contribution in [0.25, 0.3) is 11.0 Å². The fourth-order valence-corrected chi connectivity index (χ4v) is 2.27. The number of nitrogens with one attached hydrogen (secondary N) is 1. The highest BCUT2D eigenvalue weighted by Crippen LogP contribution is 2.21. The van der Waals surface area contributed by atoms with Crippen LogP contribution in [0.2, 0.25) is 0 Å². The van der Waals surface area contributed by atoms with Crippen LogP contribution in [0.5, 0.6) is 5.75 Å². The van der Waals surface area contributed by atoms with Crippen molar-refractivity contribution in [1.82, 2.24) is 14.8 Å². The Kier molecular flexibility index (Phi) is 3.21. The van der Waals surface area contributed by atoms with E-state index in [2.05, 4.69) is 15.4 Å². The zero-order valence-corrected chi connectivity index (χ0v) is 11.8. The molecule has 0 atom stereocenters. The lowest BCUT2D eigenvalue weighted by molar-refractivity contribution is 0.432. The van der Waals surface area contributed by atoms with E-state index in [1.807, 2.05) is 20.0 Å². The number of benzene rings is 1. The summed E-state index contributed by atoms with van der Waals surface area (Å²) in [6.45, 7) is 2.38. The van der Waals surface area contributed by atoms with Gasteiger partial charge in [-0.3, -0.25) is 4.68 Å². The zero-order chi connectivity index (χ0) is 15.0. The smallest absolute Gasteiger partial charge is 0.165 e. The molecule has 5 nitrogen and oxygen atoms in total. The molecule has 6 heteroatoms. The second kappa shape index (κ2) is 5.05. The number of halogens is 1. The van der Waals surface area contributed by atoms with Crippen LogP contribution < -0.4 is 5.32 Å². The SMILES string of the molecule is Cc1nn(C)c2ncc(NCc3ccc(O)c(F)c3)cc12. The molecular weight excluding hydrogens is 271 g/mol. The summed E-state index contributed by atoms with van der Waals surface area (Å²) < 4.78 is 15.0.